The molecule has 7 nitrogen and oxygen atoms in total. The Kier molecular flexibility index (Phi) is 6.07. The van der Waals surface area contributed by atoms with Gasteiger partial charge in [-0.15, -0.1) is 0 Å². The number of H-pyrrole nitrogens is 1. The fourth-order valence-corrected chi connectivity index (χ4v) is 5.46. The van der Waals surface area contributed by atoms with Crippen molar-refractivity contribution in [3.05, 3.63) is 48.4 Å². The van der Waals surface area contributed by atoms with Gasteiger partial charge in [-0.3, -0.25) is 0 Å². The smallest absolute Gasteiger partial charge is 0.244 e. The fourth-order valence-electron chi connectivity index (χ4n) is 3.52. The van der Waals surface area contributed by atoms with Crippen molar-refractivity contribution >= 4 is 38.6 Å². The average Bonchev–Trinajstić information content (AvgIpc) is 3.41. The van der Waals surface area contributed by atoms with Crippen LogP contribution in [0.5, 0.6) is 0 Å². The van der Waals surface area contributed by atoms with E-state index in [1.165, 1.54) is 10.5 Å². The van der Waals surface area contributed by atoms with Crippen LogP contribution in [0.2, 0.25) is 0 Å². The minimum Gasteiger partial charge on any atom is -0.360 e. The molecule has 1 unspecified atom stereocenters. The first-order chi connectivity index (χ1) is 14.1. The quantitative estimate of drug-likeness (QED) is 0.566. The monoisotopic (exact) mass is 431 g/mol. The first-order valence-electron chi connectivity index (χ1n) is 9.74. The van der Waals surface area contributed by atoms with Crippen LogP contribution in [0.25, 0.3) is 11.0 Å². The Labute approximate surface area is 175 Å². The van der Waals surface area contributed by atoms with E-state index in [0.717, 1.165) is 41.9 Å². The van der Waals surface area contributed by atoms with Gasteiger partial charge in [-0.2, -0.15) is 16.1 Å². The van der Waals surface area contributed by atoms with Crippen LogP contribution in [0.15, 0.2) is 47.5 Å². The first-order valence-corrected chi connectivity index (χ1v) is 12.6. The molecule has 1 aliphatic heterocycles. The molecule has 154 valence electrons. The highest BCUT2D eigenvalue weighted by Crippen LogP contribution is 2.25. The van der Waals surface area contributed by atoms with Gasteiger partial charge in [-0.25, -0.2) is 18.4 Å². The highest BCUT2D eigenvalue weighted by Gasteiger charge is 2.27. The fraction of sp³-hybridized carbons (Fsp3) is 0.400. The average molecular weight is 432 g/mol. The Bertz CT molecular complexity index is 1030. The first kappa shape index (κ1) is 20.2. The zero-order chi connectivity index (χ0) is 20.3. The molecule has 3 aromatic rings. The second-order valence-corrected chi connectivity index (χ2v) is 10.0. The molecule has 9 heteroatoms. The molecule has 4 rings (SSSR count). The number of thioether (sulfide) groups is 1. The number of sulfonamides is 1. The Morgan fingerprint density at radius 1 is 1.21 bits per heavy atom. The Balaban J connectivity index is 1.54. The normalized spacial score (nSPS) is 16.3. The van der Waals surface area contributed by atoms with Crippen LogP contribution in [-0.2, 0) is 10.0 Å². The Hall–Kier alpha value is -2.10. The molecule has 29 heavy (non-hydrogen) atoms. The van der Waals surface area contributed by atoms with E-state index in [2.05, 4.69) is 21.5 Å². The largest absolute Gasteiger partial charge is 0.360 e. The maximum absolute atomic E-state index is 12.7. The molecule has 2 N–H and O–H groups in total. The number of pyridine rings is 1. The summed E-state index contributed by atoms with van der Waals surface area (Å²) in [5.74, 6) is 2.46. The van der Waals surface area contributed by atoms with Gasteiger partial charge in [0, 0.05) is 19.3 Å². The van der Waals surface area contributed by atoms with Crippen molar-refractivity contribution in [3.8, 4) is 0 Å². The number of nitrogens with zero attached hydrogens (tertiary/aromatic N) is 3. The summed E-state index contributed by atoms with van der Waals surface area (Å²) in [6, 6.07) is 11.3. The zero-order valence-electron chi connectivity index (χ0n) is 16.3. The van der Waals surface area contributed by atoms with Crippen LogP contribution in [0, 0.1) is 0 Å². The number of fused-ring (bicyclic) bond motifs is 1. The third-order valence-corrected chi connectivity index (χ3v) is 7.64. The number of nitrogens with one attached hydrogen (secondary N) is 2. The minimum absolute atomic E-state index is 0.0385. The van der Waals surface area contributed by atoms with E-state index in [1.807, 2.05) is 24.3 Å². The number of rotatable bonds is 8. The van der Waals surface area contributed by atoms with E-state index in [-0.39, 0.29) is 10.9 Å². The van der Waals surface area contributed by atoms with Gasteiger partial charge >= 0.3 is 0 Å². The van der Waals surface area contributed by atoms with Gasteiger partial charge < -0.3 is 10.3 Å². The van der Waals surface area contributed by atoms with Gasteiger partial charge in [0.2, 0.25) is 10.0 Å². The molecule has 1 atom stereocenters. The number of para-hydroxylation sites is 2. The van der Waals surface area contributed by atoms with E-state index >= 15 is 0 Å². The summed E-state index contributed by atoms with van der Waals surface area (Å²) in [5.41, 5.74) is 1.93. The third kappa shape index (κ3) is 4.41. The molecule has 1 aromatic carbocycles. The zero-order valence-corrected chi connectivity index (χ0v) is 18.0. The van der Waals surface area contributed by atoms with Crippen molar-refractivity contribution in [2.75, 3.05) is 30.4 Å². The molecule has 0 saturated carbocycles. The molecule has 1 aliphatic rings. The Morgan fingerprint density at radius 2 is 2.00 bits per heavy atom. The molecule has 0 radical (unpaired) electrons. The lowest BCUT2D eigenvalue weighted by atomic mass is 10.2. The van der Waals surface area contributed by atoms with Gasteiger partial charge in [0.15, 0.2) is 0 Å². The van der Waals surface area contributed by atoms with Crippen molar-refractivity contribution in [1.29, 1.82) is 0 Å². The molecule has 0 aliphatic carbocycles. The van der Waals surface area contributed by atoms with E-state index in [9.17, 15) is 8.42 Å². The number of hydrogen-bond donors (Lipinski definition) is 2. The van der Waals surface area contributed by atoms with Gasteiger partial charge in [0.25, 0.3) is 0 Å². The van der Waals surface area contributed by atoms with Crippen LogP contribution in [0.3, 0.4) is 0 Å². The number of anilines is 1. The summed E-state index contributed by atoms with van der Waals surface area (Å²) in [6.45, 7) is 1.18. The molecule has 0 spiro atoms. The summed E-state index contributed by atoms with van der Waals surface area (Å²) in [5, 5.41) is 3.41. The molecule has 1 saturated heterocycles. The van der Waals surface area contributed by atoms with E-state index in [0.29, 0.717) is 18.9 Å². The van der Waals surface area contributed by atoms with Crippen molar-refractivity contribution in [2.24, 2.45) is 0 Å². The van der Waals surface area contributed by atoms with Crippen molar-refractivity contribution in [3.63, 3.8) is 0 Å². The molecule has 2 aromatic heterocycles. The molecule has 0 bridgehead atoms. The van der Waals surface area contributed by atoms with Gasteiger partial charge in [-0.1, -0.05) is 12.1 Å². The highest BCUT2D eigenvalue weighted by atomic mass is 32.2. The molecule has 1 fully saturated rings. The number of benzene rings is 1. The lowest BCUT2D eigenvalue weighted by Crippen LogP contribution is -2.28. The molecule has 0 amide bonds. The summed E-state index contributed by atoms with van der Waals surface area (Å²) < 4.78 is 26.9. The van der Waals surface area contributed by atoms with E-state index in [4.69, 9.17) is 4.98 Å². The van der Waals surface area contributed by atoms with Crippen LogP contribution in [-0.4, -0.2) is 52.8 Å². The summed E-state index contributed by atoms with van der Waals surface area (Å²) in [7, 11) is -3.45. The van der Waals surface area contributed by atoms with Crippen LogP contribution >= 0.6 is 11.8 Å². The number of aromatic amines is 1. The molecular formula is C20H25N5O2S2. The predicted octanol–water partition coefficient (Wildman–Crippen LogP) is 3.65. The number of hydrogen-bond acceptors (Lipinski definition) is 6. The minimum atomic E-state index is -3.45. The van der Waals surface area contributed by atoms with E-state index < -0.39 is 10.0 Å². The maximum atomic E-state index is 12.7. The highest BCUT2D eigenvalue weighted by molar-refractivity contribution is 7.98. The van der Waals surface area contributed by atoms with Crippen LogP contribution in [0.1, 0.15) is 31.1 Å². The second-order valence-electron chi connectivity index (χ2n) is 7.11. The van der Waals surface area contributed by atoms with Crippen molar-refractivity contribution < 1.29 is 8.42 Å². The van der Waals surface area contributed by atoms with Gasteiger partial charge in [0.05, 0.1) is 17.1 Å². The standard InChI is InChI=1S/C20H25N5O2S2/c1-28-13-10-18(20-23-16-6-2-3-7-17(16)24-20)22-19-9-8-15(14-21-19)29(26,27)25-11-4-5-12-25/h2-3,6-9,14,18H,4-5,10-13H2,1H3,(H,21,22)(H,23,24). The van der Waals surface area contributed by atoms with Crippen molar-refractivity contribution in [1.82, 2.24) is 19.3 Å². The third-order valence-electron chi connectivity index (χ3n) is 5.11. The number of imidazole rings is 1. The topological polar surface area (TPSA) is 91.0 Å². The summed E-state index contributed by atoms with van der Waals surface area (Å²) in [4.78, 5) is 12.7. The molecular weight excluding hydrogens is 406 g/mol. The summed E-state index contributed by atoms with van der Waals surface area (Å²) in [6.07, 6.45) is 6.23. The molecule has 3 heterocycles. The van der Waals surface area contributed by atoms with Gasteiger partial charge in [-0.05, 0) is 55.5 Å². The maximum Gasteiger partial charge on any atom is 0.244 e. The second kappa shape index (κ2) is 8.73. The predicted molar refractivity (Wildman–Crippen MR) is 118 cm³/mol. The van der Waals surface area contributed by atoms with E-state index in [1.54, 1.807) is 23.9 Å². The van der Waals surface area contributed by atoms with Gasteiger partial charge in [0.1, 0.15) is 16.5 Å². The lowest BCUT2D eigenvalue weighted by molar-refractivity contribution is 0.477. The van der Waals surface area contributed by atoms with Crippen LogP contribution < -0.4 is 5.32 Å². The lowest BCUT2D eigenvalue weighted by Gasteiger charge is -2.18. The van der Waals surface area contributed by atoms with Crippen LogP contribution in [0.4, 0.5) is 5.82 Å². The SMILES string of the molecule is CSCCC(Nc1ccc(S(=O)(=O)N2CCCC2)cn1)c1nc2ccccc2[nH]1. The van der Waals surface area contributed by atoms with Crippen molar-refractivity contribution in [2.45, 2.75) is 30.2 Å². The number of aromatic nitrogens is 3. The summed E-state index contributed by atoms with van der Waals surface area (Å²) >= 11 is 1.78. The Morgan fingerprint density at radius 3 is 2.69 bits per heavy atom.